The molecule has 0 spiro atoms. The zero-order valence-corrected chi connectivity index (χ0v) is 24.7. The number of hydrogen-bond donors (Lipinski definition) is 1. The number of nitrogens with one attached hydrogen (secondary N) is 1. The maximum absolute atomic E-state index is 12.2. The number of hydrazone groups is 1. The summed E-state index contributed by atoms with van der Waals surface area (Å²) in [4.78, 5) is 35.6. The monoisotopic (exact) mass is 609 g/mol. The number of halogens is 1. The van der Waals surface area contributed by atoms with Crippen LogP contribution in [0.2, 0.25) is 0 Å². The van der Waals surface area contributed by atoms with E-state index in [-0.39, 0.29) is 22.3 Å². The van der Waals surface area contributed by atoms with E-state index in [1.807, 2.05) is 13.8 Å². The van der Waals surface area contributed by atoms with Gasteiger partial charge >= 0.3 is 11.7 Å². The van der Waals surface area contributed by atoms with Crippen molar-refractivity contribution in [3.63, 3.8) is 0 Å². The van der Waals surface area contributed by atoms with Gasteiger partial charge in [0.2, 0.25) is 0 Å². The van der Waals surface area contributed by atoms with Crippen molar-refractivity contribution in [2.24, 2.45) is 10.5 Å². The van der Waals surface area contributed by atoms with Crippen molar-refractivity contribution in [3.05, 3.63) is 98.0 Å². The van der Waals surface area contributed by atoms with Crippen LogP contribution in [-0.4, -0.2) is 29.6 Å². The van der Waals surface area contributed by atoms with Crippen LogP contribution in [0.15, 0.2) is 76.3 Å². The van der Waals surface area contributed by atoms with Gasteiger partial charge < -0.3 is 9.47 Å². The van der Waals surface area contributed by atoms with Gasteiger partial charge in [0.15, 0.2) is 12.4 Å². The zero-order chi connectivity index (χ0) is 29.5. The first-order valence-electron chi connectivity index (χ1n) is 12.5. The molecule has 0 heterocycles. The molecule has 0 saturated carbocycles. The van der Waals surface area contributed by atoms with E-state index in [1.54, 1.807) is 54.6 Å². The second kappa shape index (κ2) is 12.9. The standard InChI is InChI=1S/C30H32BrN3O6/c1-29(2,3)19-30(4,5)22-10-15-26(25(16-22)34(37)38)39-18-27(35)33-32-17-20-6-13-24(14-7-20)40-28(36)21-8-11-23(31)12-9-21/h6-17H,18-19H2,1-5H3,(H,33,35). The van der Waals surface area contributed by atoms with Crippen molar-refractivity contribution in [2.75, 3.05) is 6.61 Å². The molecule has 0 aliphatic rings. The van der Waals surface area contributed by atoms with Gasteiger partial charge in [-0.15, -0.1) is 0 Å². The minimum absolute atomic E-state index is 0.00714. The van der Waals surface area contributed by atoms with E-state index in [0.717, 1.165) is 16.5 Å². The Morgan fingerprint density at radius 1 is 1.00 bits per heavy atom. The average molecular weight is 611 g/mol. The van der Waals surface area contributed by atoms with Crippen LogP contribution < -0.4 is 14.9 Å². The maximum atomic E-state index is 12.2. The lowest BCUT2D eigenvalue weighted by molar-refractivity contribution is -0.385. The first-order chi connectivity index (χ1) is 18.7. The molecule has 0 unspecified atom stereocenters. The number of carbonyl (C=O) groups excluding carboxylic acids is 2. The molecule has 210 valence electrons. The number of hydrogen-bond acceptors (Lipinski definition) is 7. The smallest absolute Gasteiger partial charge is 0.343 e. The van der Waals surface area contributed by atoms with Crippen molar-refractivity contribution in [1.29, 1.82) is 0 Å². The zero-order valence-electron chi connectivity index (χ0n) is 23.1. The molecule has 0 aliphatic carbocycles. The normalized spacial score (nSPS) is 11.8. The first-order valence-corrected chi connectivity index (χ1v) is 13.3. The van der Waals surface area contributed by atoms with Crippen LogP contribution in [0.1, 0.15) is 62.5 Å². The number of rotatable bonds is 10. The molecule has 0 aliphatic heterocycles. The van der Waals surface area contributed by atoms with Crippen molar-refractivity contribution < 1.29 is 24.0 Å². The summed E-state index contributed by atoms with van der Waals surface area (Å²) in [6, 6.07) is 18.2. The van der Waals surface area contributed by atoms with Crippen molar-refractivity contribution >= 4 is 39.7 Å². The average Bonchev–Trinajstić information content (AvgIpc) is 2.87. The van der Waals surface area contributed by atoms with Crippen molar-refractivity contribution in [3.8, 4) is 11.5 Å². The lowest BCUT2D eigenvalue weighted by Gasteiger charge is -2.33. The third-order valence-electron chi connectivity index (χ3n) is 5.84. The van der Waals surface area contributed by atoms with Gasteiger partial charge in [0, 0.05) is 10.5 Å². The molecule has 0 saturated heterocycles. The molecule has 0 atom stereocenters. The number of nitrogens with zero attached hydrogens (tertiary/aromatic N) is 2. The van der Waals surface area contributed by atoms with Gasteiger partial charge in [0.05, 0.1) is 16.7 Å². The molecule has 0 aromatic heterocycles. The number of ether oxygens (including phenoxy) is 2. The Labute approximate surface area is 241 Å². The maximum Gasteiger partial charge on any atom is 0.343 e. The molecular formula is C30H32BrN3O6. The van der Waals surface area contributed by atoms with Gasteiger partial charge in [-0.3, -0.25) is 14.9 Å². The molecule has 1 N–H and O–H groups in total. The van der Waals surface area contributed by atoms with Crippen LogP contribution >= 0.6 is 15.9 Å². The molecule has 3 aromatic carbocycles. The highest BCUT2D eigenvalue weighted by atomic mass is 79.9. The van der Waals surface area contributed by atoms with E-state index in [1.165, 1.54) is 18.3 Å². The number of esters is 1. The van der Waals surface area contributed by atoms with Crippen LogP contribution in [0.3, 0.4) is 0 Å². The van der Waals surface area contributed by atoms with Crippen LogP contribution in [0.5, 0.6) is 11.5 Å². The van der Waals surface area contributed by atoms with Crippen LogP contribution in [0.4, 0.5) is 5.69 Å². The number of nitro groups is 1. The fraction of sp³-hybridized carbons (Fsp3) is 0.300. The number of nitro benzene ring substituents is 1. The van der Waals surface area contributed by atoms with Gasteiger partial charge in [0.1, 0.15) is 5.75 Å². The number of carbonyl (C=O) groups is 2. The third-order valence-corrected chi connectivity index (χ3v) is 6.37. The molecule has 10 heteroatoms. The summed E-state index contributed by atoms with van der Waals surface area (Å²) in [5, 5.41) is 15.6. The summed E-state index contributed by atoms with van der Waals surface area (Å²) in [7, 11) is 0. The summed E-state index contributed by atoms with van der Waals surface area (Å²) in [6.45, 7) is 10.0. The fourth-order valence-corrected chi connectivity index (χ4v) is 4.62. The Bertz CT molecular complexity index is 1390. The van der Waals surface area contributed by atoms with Crippen LogP contribution in [0.25, 0.3) is 0 Å². The Morgan fingerprint density at radius 2 is 1.65 bits per heavy atom. The summed E-state index contributed by atoms with van der Waals surface area (Å²) in [5.41, 5.74) is 3.78. The van der Waals surface area contributed by atoms with Gasteiger partial charge in [-0.05, 0) is 83.0 Å². The second-order valence-electron chi connectivity index (χ2n) is 11.1. The molecule has 9 nitrogen and oxygen atoms in total. The topological polar surface area (TPSA) is 120 Å². The largest absolute Gasteiger partial charge is 0.477 e. The summed E-state index contributed by atoms with van der Waals surface area (Å²) < 4.78 is 11.7. The fourth-order valence-electron chi connectivity index (χ4n) is 4.36. The third kappa shape index (κ3) is 9.01. The highest BCUT2D eigenvalue weighted by molar-refractivity contribution is 9.10. The predicted octanol–water partition coefficient (Wildman–Crippen LogP) is 6.82. The SMILES string of the molecule is CC(C)(C)CC(C)(C)c1ccc(OCC(=O)NN=Cc2ccc(OC(=O)c3ccc(Br)cc3)cc2)c([N+](=O)[O-])c1. The van der Waals surface area contributed by atoms with Gasteiger partial charge in [-0.2, -0.15) is 5.10 Å². The lowest BCUT2D eigenvalue weighted by Crippen LogP contribution is -2.26. The van der Waals surface area contributed by atoms with Gasteiger partial charge in [-0.1, -0.05) is 56.6 Å². The van der Waals surface area contributed by atoms with Crippen molar-refractivity contribution in [1.82, 2.24) is 5.43 Å². The minimum atomic E-state index is -0.581. The van der Waals surface area contributed by atoms with E-state index in [4.69, 9.17) is 9.47 Å². The summed E-state index contributed by atoms with van der Waals surface area (Å²) in [6.07, 6.45) is 2.24. The van der Waals surface area contributed by atoms with E-state index in [0.29, 0.717) is 16.9 Å². The second-order valence-corrected chi connectivity index (χ2v) is 12.0. The van der Waals surface area contributed by atoms with E-state index >= 15 is 0 Å². The van der Waals surface area contributed by atoms with Gasteiger partial charge in [-0.25, -0.2) is 10.2 Å². The summed E-state index contributed by atoms with van der Waals surface area (Å²) in [5.74, 6) is -0.697. The van der Waals surface area contributed by atoms with E-state index in [9.17, 15) is 19.7 Å². The molecule has 3 aromatic rings. The molecule has 3 rings (SSSR count). The highest BCUT2D eigenvalue weighted by Gasteiger charge is 2.30. The van der Waals surface area contributed by atoms with Crippen molar-refractivity contribution in [2.45, 2.75) is 46.5 Å². The Balaban J connectivity index is 1.54. The lowest BCUT2D eigenvalue weighted by atomic mass is 9.72. The van der Waals surface area contributed by atoms with E-state index < -0.39 is 23.4 Å². The Kier molecular flexibility index (Phi) is 9.81. The molecule has 0 radical (unpaired) electrons. The minimum Gasteiger partial charge on any atom is -0.477 e. The highest BCUT2D eigenvalue weighted by Crippen LogP contribution is 2.39. The molecule has 0 fully saturated rings. The predicted molar refractivity (Wildman–Crippen MR) is 157 cm³/mol. The Hall–Kier alpha value is -4.05. The van der Waals surface area contributed by atoms with Crippen LogP contribution in [-0.2, 0) is 10.2 Å². The van der Waals surface area contributed by atoms with Gasteiger partial charge in [0.25, 0.3) is 5.91 Å². The molecule has 1 amide bonds. The van der Waals surface area contributed by atoms with Crippen LogP contribution in [0, 0.1) is 15.5 Å². The quantitative estimate of drug-likeness (QED) is 0.0885. The molecule has 0 bridgehead atoms. The molecule has 40 heavy (non-hydrogen) atoms. The number of benzene rings is 3. The molecular weight excluding hydrogens is 578 g/mol. The number of amides is 1. The first kappa shape index (κ1) is 30.5. The Morgan fingerprint density at radius 3 is 2.25 bits per heavy atom. The van der Waals surface area contributed by atoms with E-state index in [2.05, 4.69) is 47.2 Å². The summed E-state index contributed by atoms with van der Waals surface area (Å²) >= 11 is 3.32.